The number of rotatable bonds is 9. The van der Waals surface area contributed by atoms with E-state index in [1.807, 2.05) is 0 Å². The third-order valence-electron chi connectivity index (χ3n) is 2.21. The number of carbonyl (C=O) groups excluding carboxylic acids is 1. The molecule has 15 heavy (non-hydrogen) atoms. The Morgan fingerprint density at radius 3 is 2.40 bits per heavy atom. The second kappa shape index (κ2) is 10.3. The third kappa shape index (κ3) is 11.7. The van der Waals surface area contributed by atoms with E-state index in [0.717, 1.165) is 12.8 Å². The lowest BCUT2D eigenvalue weighted by atomic mass is 10.1. The van der Waals surface area contributed by atoms with Crippen LogP contribution in [0.5, 0.6) is 0 Å². The molecule has 1 atom stereocenters. The van der Waals surface area contributed by atoms with Gasteiger partial charge in [-0.05, 0) is 13.3 Å². The van der Waals surface area contributed by atoms with E-state index in [0.29, 0.717) is 13.0 Å². The molecule has 0 amide bonds. The molecule has 1 unspecified atom stereocenters. The smallest absolute Gasteiger partial charge is 0.307 e. The van der Waals surface area contributed by atoms with E-state index in [-0.39, 0.29) is 11.3 Å². The fourth-order valence-electron chi connectivity index (χ4n) is 1.36. The van der Waals surface area contributed by atoms with Gasteiger partial charge in [0.25, 0.3) is 0 Å². The summed E-state index contributed by atoms with van der Waals surface area (Å²) in [4.78, 5) is 11.1. The van der Waals surface area contributed by atoms with Crippen LogP contribution in [0.25, 0.3) is 0 Å². The van der Waals surface area contributed by atoms with Gasteiger partial charge in [0.1, 0.15) is 0 Å². The molecule has 0 radical (unpaired) electrons. The maximum atomic E-state index is 11.1. The monoisotopic (exact) mass is 234 g/mol. The summed E-state index contributed by atoms with van der Waals surface area (Å²) >= 11 is 5.67. The van der Waals surface area contributed by atoms with Gasteiger partial charge in [0.2, 0.25) is 0 Å². The lowest BCUT2D eigenvalue weighted by molar-refractivity contribution is -0.143. The Morgan fingerprint density at radius 2 is 1.80 bits per heavy atom. The van der Waals surface area contributed by atoms with Crippen molar-refractivity contribution in [3.63, 3.8) is 0 Å². The molecule has 0 saturated heterocycles. The topological polar surface area (TPSA) is 26.3 Å². The van der Waals surface area contributed by atoms with Crippen molar-refractivity contribution in [1.29, 1.82) is 0 Å². The van der Waals surface area contributed by atoms with Crippen molar-refractivity contribution >= 4 is 17.6 Å². The minimum atomic E-state index is -0.175. The first kappa shape index (κ1) is 14.8. The molecule has 0 aromatic carbocycles. The second-order valence-electron chi connectivity index (χ2n) is 3.97. The van der Waals surface area contributed by atoms with Gasteiger partial charge >= 0.3 is 5.97 Å². The molecule has 0 saturated carbocycles. The summed E-state index contributed by atoms with van der Waals surface area (Å²) in [5.41, 5.74) is 0. The SMILES string of the molecule is CCCCCCCCOC(=O)CC(C)Cl. The number of unbranched alkanes of at least 4 members (excludes halogenated alkanes) is 5. The molecule has 3 heteroatoms. The quantitative estimate of drug-likeness (QED) is 0.344. The molecular formula is C12H23ClO2. The summed E-state index contributed by atoms with van der Waals surface area (Å²) in [7, 11) is 0. The van der Waals surface area contributed by atoms with Gasteiger partial charge in [-0.3, -0.25) is 4.79 Å². The normalized spacial score (nSPS) is 12.5. The molecule has 0 aliphatic carbocycles. The maximum Gasteiger partial charge on any atom is 0.307 e. The minimum Gasteiger partial charge on any atom is -0.466 e. The van der Waals surface area contributed by atoms with E-state index in [1.54, 1.807) is 6.92 Å². The minimum absolute atomic E-state index is 0.123. The van der Waals surface area contributed by atoms with Gasteiger partial charge in [0.15, 0.2) is 0 Å². The van der Waals surface area contributed by atoms with Crippen LogP contribution in [-0.2, 0) is 9.53 Å². The molecule has 0 aromatic rings. The molecule has 0 bridgehead atoms. The van der Waals surface area contributed by atoms with Crippen molar-refractivity contribution in [2.24, 2.45) is 0 Å². The molecule has 0 spiro atoms. The zero-order valence-electron chi connectivity index (χ0n) is 9.93. The summed E-state index contributed by atoms with van der Waals surface area (Å²) in [6.07, 6.45) is 7.57. The Bertz CT molecular complexity index is 158. The van der Waals surface area contributed by atoms with E-state index in [9.17, 15) is 4.79 Å². The van der Waals surface area contributed by atoms with Crippen LogP contribution < -0.4 is 0 Å². The standard InChI is InChI=1S/C12H23ClO2/c1-3-4-5-6-7-8-9-15-12(14)10-11(2)13/h11H,3-10H2,1-2H3. The Hall–Kier alpha value is -0.240. The highest BCUT2D eigenvalue weighted by Gasteiger charge is 2.06. The highest BCUT2D eigenvalue weighted by Crippen LogP contribution is 2.06. The summed E-state index contributed by atoms with van der Waals surface area (Å²) < 4.78 is 5.04. The summed E-state index contributed by atoms with van der Waals surface area (Å²) in [5, 5.41) is -0.123. The predicted molar refractivity (Wildman–Crippen MR) is 64.3 cm³/mol. The van der Waals surface area contributed by atoms with Gasteiger partial charge in [0.05, 0.1) is 13.0 Å². The maximum absolute atomic E-state index is 11.1. The number of esters is 1. The van der Waals surface area contributed by atoms with Crippen LogP contribution in [0.2, 0.25) is 0 Å². The van der Waals surface area contributed by atoms with E-state index >= 15 is 0 Å². The summed E-state index contributed by atoms with van der Waals surface area (Å²) in [5.74, 6) is -0.175. The van der Waals surface area contributed by atoms with E-state index in [4.69, 9.17) is 16.3 Å². The van der Waals surface area contributed by atoms with Crippen LogP contribution in [0.4, 0.5) is 0 Å². The van der Waals surface area contributed by atoms with E-state index in [1.165, 1.54) is 25.7 Å². The van der Waals surface area contributed by atoms with E-state index < -0.39 is 0 Å². The van der Waals surface area contributed by atoms with Crippen LogP contribution in [-0.4, -0.2) is 18.0 Å². The van der Waals surface area contributed by atoms with Gasteiger partial charge in [0, 0.05) is 5.38 Å². The zero-order chi connectivity index (χ0) is 11.5. The number of halogens is 1. The van der Waals surface area contributed by atoms with Crippen molar-refractivity contribution in [2.75, 3.05) is 6.61 Å². The predicted octanol–water partition coefficient (Wildman–Crippen LogP) is 3.91. The second-order valence-corrected chi connectivity index (χ2v) is 4.72. The summed E-state index contributed by atoms with van der Waals surface area (Å²) in [6, 6.07) is 0. The number of hydrogen-bond donors (Lipinski definition) is 0. The average molecular weight is 235 g/mol. The number of carbonyl (C=O) groups is 1. The largest absolute Gasteiger partial charge is 0.466 e. The Labute approximate surface area is 98.3 Å². The Balaban J connectivity index is 3.13. The van der Waals surface area contributed by atoms with Gasteiger partial charge in [-0.25, -0.2) is 0 Å². The van der Waals surface area contributed by atoms with Crippen LogP contribution in [0, 0.1) is 0 Å². The first-order chi connectivity index (χ1) is 7.16. The summed E-state index contributed by atoms with van der Waals surface area (Å²) in [6.45, 7) is 4.55. The average Bonchev–Trinajstić information content (AvgIpc) is 2.15. The molecule has 0 N–H and O–H groups in total. The molecule has 90 valence electrons. The van der Waals surface area contributed by atoms with Gasteiger partial charge < -0.3 is 4.74 Å². The highest BCUT2D eigenvalue weighted by atomic mass is 35.5. The van der Waals surface area contributed by atoms with Crippen LogP contribution in [0.3, 0.4) is 0 Å². The van der Waals surface area contributed by atoms with Gasteiger partial charge in [-0.1, -0.05) is 39.0 Å². The van der Waals surface area contributed by atoms with Crippen molar-refractivity contribution in [1.82, 2.24) is 0 Å². The number of hydrogen-bond acceptors (Lipinski definition) is 2. The fraction of sp³-hybridized carbons (Fsp3) is 0.917. The first-order valence-electron chi connectivity index (χ1n) is 5.96. The number of ether oxygens (including phenoxy) is 1. The Morgan fingerprint density at radius 1 is 1.20 bits per heavy atom. The lowest BCUT2D eigenvalue weighted by Gasteiger charge is -2.05. The van der Waals surface area contributed by atoms with Crippen LogP contribution in [0.1, 0.15) is 58.8 Å². The number of alkyl halides is 1. The molecule has 0 aliphatic heterocycles. The third-order valence-corrected chi connectivity index (χ3v) is 2.36. The molecule has 0 heterocycles. The molecule has 0 aromatic heterocycles. The van der Waals surface area contributed by atoms with Crippen molar-refractivity contribution < 1.29 is 9.53 Å². The van der Waals surface area contributed by atoms with Crippen LogP contribution >= 0.6 is 11.6 Å². The van der Waals surface area contributed by atoms with E-state index in [2.05, 4.69) is 6.92 Å². The molecule has 0 fully saturated rings. The highest BCUT2D eigenvalue weighted by molar-refractivity contribution is 6.21. The zero-order valence-corrected chi connectivity index (χ0v) is 10.7. The molecule has 2 nitrogen and oxygen atoms in total. The van der Waals surface area contributed by atoms with Gasteiger partial charge in [-0.2, -0.15) is 0 Å². The van der Waals surface area contributed by atoms with Crippen molar-refractivity contribution in [3.8, 4) is 0 Å². The Kier molecular flexibility index (Phi) is 10.1. The van der Waals surface area contributed by atoms with Crippen molar-refractivity contribution in [3.05, 3.63) is 0 Å². The lowest BCUT2D eigenvalue weighted by Crippen LogP contribution is -2.10. The fourth-order valence-corrected chi connectivity index (χ4v) is 1.48. The molecule has 0 aliphatic rings. The molecular weight excluding hydrogens is 212 g/mol. The van der Waals surface area contributed by atoms with Crippen LogP contribution in [0.15, 0.2) is 0 Å². The molecule has 0 rings (SSSR count). The first-order valence-corrected chi connectivity index (χ1v) is 6.40. The van der Waals surface area contributed by atoms with Crippen molar-refractivity contribution in [2.45, 2.75) is 64.2 Å². The van der Waals surface area contributed by atoms with Gasteiger partial charge in [-0.15, -0.1) is 11.6 Å².